The lowest BCUT2D eigenvalue weighted by Crippen LogP contribution is -2.23. The van der Waals surface area contributed by atoms with Crippen LogP contribution >= 0.6 is 11.3 Å². The SMILES string of the molecule is Cc1nn(C)cc1CNS(=O)(=O)c1cc(CO)sc1C. The number of sulfonamides is 1. The second-order valence-corrected chi connectivity index (χ2v) is 7.61. The average Bonchev–Trinajstić information content (AvgIpc) is 2.90. The van der Waals surface area contributed by atoms with E-state index in [0.717, 1.165) is 11.3 Å². The highest BCUT2D eigenvalue weighted by molar-refractivity contribution is 7.89. The molecule has 0 amide bonds. The van der Waals surface area contributed by atoms with Gasteiger partial charge in [-0.1, -0.05) is 0 Å². The number of rotatable bonds is 5. The summed E-state index contributed by atoms with van der Waals surface area (Å²) < 4.78 is 28.7. The third kappa shape index (κ3) is 3.09. The molecule has 6 nitrogen and oxygen atoms in total. The lowest BCUT2D eigenvalue weighted by atomic mass is 10.3. The summed E-state index contributed by atoms with van der Waals surface area (Å²) in [4.78, 5) is 1.54. The van der Waals surface area contributed by atoms with Crippen molar-refractivity contribution in [2.45, 2.75) is 31.9 Å². The number of aliphatic hydroxyl groups is 1. The molecule has 2 N–H and O–H groups in total. The number of aliphatic hydroxyl groups excluding tert-OH is 1. The second kappa shape index (κ2) is 5.65. The smallest absolute Gasteiger partial charge is 0.241 e. The summed E-state index contributed by atoms with van der Waals surface area (Å²) in [6, 6.07) is 1.51. The summed E-state index contributed by atoms with van der Waals surface area (Å²) in [5.74, 6) is 0. The first-order valence-corrected chi connectivity index (χ1v) is 8.32. The largest absolute Gasteiger partial charge is 0.391 e. The van der Waals surface area contributed by atoms with Crippen molar-refractivity contribution in [3.63, 3.8) is 0 Å². The molecular formula is C12H17N3O3S2. The number of hydrogen-bond donors (Lipinski definition) is 2. The molecule has 110 valence electrons. The van der Waals surface area contributed by atoms with E-state index in [1.165, 1.54) is 17.4 Å². The van der Waals surface area contributed by atoms with Crippen molar-refractivity contribution in [1.82, 2.24) is 14.5 Å². The summed E-state index contributed by atoms with van der Waals surface area (Å²) in [6.07, 6.45) is 1.79. The molecule has 8 heteroatoms. The van der Waals surface area contributed by atoms with Gasteiger partial charge in [0.05, 0.1) is 17.2 Å². The molecule has 0 bridgehead atoms. The van der Waals surface area contributed by atoms with E-state index in [-0.39, 0.29) is 18.0 Å². The van der Waals surface area contributed by atoms with Gasteiger partial charge in [0.2, 0.25) is 10.0 Å². The number of nitrogens with zero attached hydrogens (tertiary/aromatic N) is 2. The molecule has 0 saturated carbocycles. The number of aryl methyl sites for hydroxylation is 3. The highest BCUT2D eigenvalue weighted by atomic mass is 32.2. The van der Waals surface area contributed by atoms with Crippen LogP contribution in [0.15, 0.2) is 17.2 Å². The van der Waals surface area contributed by atoms with Gasteiger partial charge < -0.3 is 5.11 Å². The topological polar surface area (TPSA) is 84.2 Å². The molecule has 0 atom stereocenters. The van der Waals surface area contributed by atoms with E-state index in [1.54, 1.807) is 24.9 Å². The molecule has 0 aromatic carbocycles. The first-order chi connectivity index (χ1) is 9.33. The quantitative estimate of drug-likeness (QED) is 0.864. The van der Waals surface area contributed by atoms with Crippen molar-refractivity contribution < 1.29 is 13.5 Å². The van der Waals surface area contributed by atoms with Crippen molar-refractivity contribution in [2.24, 2.45) is 7.05 Å². The van der Waals surface area contributed by atoms with Crippen molar-refractivity contribution in [1.29, 1.82) is 0 Å². The van der Waals surface area contributed by atoms with Gasteiger partial charge in [-0.05, 0) is 19.9 Å². The highest BCUT2D eigenvalue weighted by Crippen LogP contribution is 2.25. The van der Waals surface area contributed by atoms with Crippen LogP contribution in [0.3, 0.4) is 0 Å². The minimum Gasteiger partial charge on any atom is -0.391 e. The van der Waals surface area contributed by atoms with Crippen LogP contribution < -0.4 is 4.72 Å². The predicted octanol–water partition coefficient (Wildman–Crippen LogP) is 1.07. The minimum atomic E-state index is -3.57. The number of hydrogen-bond acceptors (Lipinski definition) is 5. The molecule has 2 aromatic heterocycles. The summed E-state index contributed by atoms with van der Waals surface area (Å²) in [7, 11) is -1.78. The van der Waals surface area contributed by atoms with Gasteiger partial charge in [-0.2, -0.15) is 5.10 Å². The predicted molar refractivity (Wildman–Crippen MR) is 76.9 cm³/mol. The van der Waals surface area contributed by atoms with Crippen LogP contribution in [0.1, 0.15) is 21.0 Å². The highest BCUT2D eigenvalue weighted by Gasteiger charge is 2.20. The lowest BCUT2D eigenvalue weighted by molar-refractivity contribution is 0.285. The first-order valence-electron chi connectivity index (χ1n) is 6.02. The van der Waals surface area contributed by atoms with Crippen LogP contribution in [0, 0.1) is 13.8 Å². The molecule has 0 saturated heterocycles. The van der Waals surface area contributed by atoms with Crippen LogP contribution in [-0.2, 0) is 30.2 Å². The van der Waals surface area contributed by atoms with E-state index in [9.17, 15) is 8.42 Å². The number of thiophene rings is 1. The van der Waals surface area contributed by atoms with Crippen LogP contribution in [-0.4, -0.2) is 23.3 Å². The molecule has 0 fully saturated rings. The normalized spacial score (nSPS) is 12.0. The van der Waals surface area contributed by atoms with Crippen molar-refractivity contribution in [3.05, 3.63) is 33.3 Å². The van der Waals surface area contributed by atoms with Crippen LogP contribution in [0.25, 0.3) is 0 Å². The molecule has 20 heavy (non-hydrogen) atoms. The molecule has 0 unspecified atom stereocenters. The fraction of sp³-hybridized carbons (Fsp3) is 0.417. The minimum absolute atomic E-state index is 0.150. The third-order valence-electron chi connectivity index (χ3n) is 2.94. The van der Waals surface area contributed by atoms with Gasteiger partial charge >= 0.3 is 0 Å². The maximum absolute atomic E-state index is 12.3. The van der Waals surface area contributed by atoms with E-state index in [2.05, 4.69) is 9.82 Å². The molecular weight excluding hydrogens is 298 g/mol. The standard InChI is InChI=1S/C12H17N3O3S2/c1-8-10(6-15(3)14-8)5-13-20(17,18)12-4-11(7-16)19-9(12)2/h4,6,13,16H,5,7H2,1-3H3. The van der Waals surface area contributed by atoms with E-state index < -0.39 is 10.0 Å². The first kappa shape index (κ1) is 15.2. The molecule has 2 heterocycles. The Labute approximate surface area is 122 Å². The van der Waals surface area contributed by atoms with Gasteiger partial charge in [-0.3, -0.25) is 4.68 Å². The Balaban J connectivity index is 2.19. The Hall–Kier alpha value is -1.22. The van der Waals surface area contributed by atoms with Crippen LogP contribution in [0.4, 0.5) is 0 Å². The van der Waals surface area contributed by atoms with Crippen molar-refractivity contribution in [3.8, 4) is 0 Å². The van der Waals surface area contributed by atoms with E-state index >= 15 is 0 Å². The number of aromatic nitrogens is 2. The fourth-order valence-corrected chi connectivity index (χ4v) is 4.44. The Bertz CT molecular complexity index is 716. The molecule has 2 aromatic rings. The van der Waals surface area contributed by atoms with Gasteiger partial charge in [-0.15, -0.1) is 11.3 Å². The molecule has 0 aliphatic rings. The molecule has 0 aliphatic heterocycles. The van der Waals surface area contributed by atoms with Crippen LogP contribution in [0.5, 0.6) is 0 Å². The van der Waals surface area contributed by atoms with Crippen LogP contribution in [0.2, 0.25) is 0 Å². The number of nitrogens with one attached hydrogen (secondary N) is 1. The fourth-order valence-electron chi connectivity index (χ4n) is 1.94. The Kier molecular flexibility index (Phi) is 4.28. The lowest BCUT2D eigenvalue weighted by Gasteiger charge is -2.05. The van der Waals surface area contributed by atoms with Gasteiger partial charge in [-0.25, -0.2) is 13.1 Å². The molecule has 0 aliphatic carbocycles. The van der Waals surface area contributed by atoms with E-state index in [1.807, 2.05) is 6.92 Å². The maximum atomic E-state index is 12.3. The van der Waals surface area contributed by atoms with Gasteiger partial charge in [0, 0.05) is 35.1 Å². The Morgan fingerprint density at radius 2 is 2.15 bits per heavy atom. The average molecular weight is 315 g/mol. The van der Waals surface area contributed by atoms with E-state index in [4.69, 9.17) is 5.11 Å². The Morgan fingerprint density at radius 1 is 1.45 bits per heavy atom. The van der Waals surface area contributed by atoms with Gasteiger partial charge in [0.15, 0.2) is 0 Å². The summed E-state index contributed by atoms with van der Waals surface area (Å²) in [6.45, 7) is 3.62. The van der Waals surface area contributed by atoms with E-state index in [0.29, 0.717) is 9.75 Å². The zero-order valence-corrected chi connectivity index (χ0v) is 13.2. The molecule has 2 rings (SSSR count). The maximum Gasteiger partial charge on any atom is 0.241 e. The van der Waals surface area contributed by atoms with Gasteiger partial charge in [0.25, 0.3) is 0 Å². The van der Waals surface area contributed by atoms with Crippen molar-refractivity contribution >= 4 is 21.4 Å². The van der Waals surface area contributed by atoms with Crippen molar-refractivity contribution in [2.75, 3.05) is 0 Å². The molecule has 0 spiro atoms. The Morgan fingerprint density at radius 3 is 2.65 bits per heavy atom. The second-order valence-electron chi connectivity index (χ2n) is 4.53. The third-order valence-corrected chi connectivity index (χ3v) is 5.63. The van der Waals surface area contributed by atoms with Gasteiger partial charge in [0.1, 0.15) is 0 Å². The zero-order valence-electron chi connectivity index (χ0n) is 11.5. The zero-order chi connectivity index (χ0) is 14.9. The monoisotopic (exact) mass is 315 g/mol. The summed E-state index contributed by atoms with van der Waals surface area (Å²) in [5.41, 5.74) is 1.64. The summed E-state index contributed by atoms with van der Waals surface area (Å²) in [5, 5.41) is 13.2. The molecule has 0 radical (unpaired) electrons. The summed E-state index contributed by atoms with van der Waals surface area (Å²) >= 11 is 1.28.